The number of aliphatic carboxylic acids is 1. The molecule has 1 heterocycles. The third-order valence-corrected chi connectivity index (χ3v) is 3.93. The molecule has 0 aromatic rings. The van der Waals surface area contributed by atoms with Crippen LogP contribution in [0.5, 0.6) is 0 Å². The van der Waals surface area contributed by atoms with Crippen LogP contribution < -0.4 is 5.32 Å². The van der Waals surface area contributed by atoms with E-state index in [1.165, 1.54) is 0 Å². The Labute approximate surface area is 114 Å². The summed E-state index contributed by atoms with van der Waals surface area (Å²) >= 11 is 0. The number of carbonyl (C=O) groups is 2. The van der Waals surface area contributed by atoms with Gasteiger partial charge in [0, 0.05) is 13.1 Å². The van der Waals surface area contributed by atoms with Gasteiger partial charge in [0.2, 0.25) is 0 Å². The number of hydrogen-bond donors (Lipinski definition) is 2. The van der Waals surface area contributed by atoms with E-state index in [4.69, 9.17) is 4.74 Å². The second kappa shape index (κ2) is 6.23. The molecule has 0 spiro atoms. The predicted octanol–water partition coefficient (Wildman–Crippen LogP) is 1.31. The molecule has 1 aliphatic heterocycles. The van der Waals surface area contributed by atoms with Crippen LogP contribution in [0.4, 0.5) is 4.79 Å². The maximum absolute atomic E-state index is 12.1. The molecule has 3 unspecified atom stereocenters. The maximum atomic E-state index is 12.1. The SMILES string of the molecule is CCCC(C)N(C)C(=O)NC1COCC1(C)C(=O)O. The number of urea groups is 1. The van der Waals surface area contributed by atoms with Crippen LogP contribution >= 0.6 is 0 Å². The van der Waals surface area contributed by atoms with Gasteiger partial charge in [0.15, 0.2) is 0 Å². The van der Waals surface area contributed by atoms with E-state index in [1.807, 2.05) is 6.92 Å². The maximum Gasteiger partial charge on any atom is 0.317 e. The lowest BCUT2D eigenvalue weighted by Crippen LogP contribution is -2.54. The van der Waals surface area contributed by atoms with Crippen LogP contribution in [0.2, 0.25) is 0 Å². The number of carboxylic acid groups (broad SMARTS) is 1. The summed E-state index contributed by atoms with van der Waals surface area (Å²) < 4.78 is 5.21. The average molecular weight is 272 g/mol. The molecule has 1 aliphatic rings. The van der Waals surface area contributed by atoms with Crippen LogP contribution in [-0.4, -0.2) is 54.4 Å². The van der Waals surface area contributed by atoms with Crippen LogP contribution in [-0.2, 0) is 9.53 Å². The van der Waals surface area contributed by atoms with Crippen LogP contribution in [0.3, 0.4) is 0 Å². The fourth-order valence-corrected chi connectivity index (χ4v) is 2.15. The van der Waals surface area contributed by atoms with Gasteiger partial charge in [-0.05, 0) is 20.3 Å². The zero-order chi connectivity index (χ0) is 14.6. The molecular formula is C13H24N2O4. The summed E-state index contributed by atoms with van der Waals surface area (Å²) in [5.74, 6) is -0.945. The number of nitrogens with one attached hydrogen (secondary N) is 1. The predicted molar refractivity (Wildman–Crippen MR) is 71.0 cm³/mol. The minimum atomic E-state index is -1.05. The Morgan fingerprint density at radius 3 is 2.74 bits per heavy atom. The summed E-state index contributed by atoms with van der Waals surface area (Å²) in [5, 5.41) is 12.0. The van der Waals surface area contributed by atoms with Crippen molar-refractivity contribution in [1.29, 1.82) is 0 Å². The summed E-state index contributed by atoms with van der Waals surface area (Å²) in [4.78, 5) is 25.0. The highest BCUT2D eigenvalue weighted by molar-refractivity contribution is 5.79. The lowest BCUT2D eigenvalue weighted by Gasteiger charge is -2.30. The van der Waals surface area contributed by atoms with Crippen LogP contribution in [0.15, 0.2) is 0 Å². The first-order valence-corrected chi connectivity index (χ1v) is 6.67. The molecule has 2 amide bonds. The number of carbonyl (C=O) groups excluding carboxylic acids is 1. The quantitative estimate of drug-likeness (QED) is 0.791. The van der Waals surface area contributed by atoms with E-state index >= 15 is 0 Å². The third kappa shape index (κ3) is 3.37. The van der Waals surface area contributed by atoms with Crippen molar-refractivity contribution >= 4 is 12.0 Å². The van der Waals surface area contributed by atoms with Gasteiger partial charge in [0.1, 0.15) is 5.41 Å². The van der Waals surface area contributed by atoms with Crippen LogP contribution in [0, 0.1) is 5.41 Å². The zero-order valence-electron chi connectivity index (χ0n) is 12.1. The molecule has 110 valence electrons. The highest BCUT2D eigenvalue weighted by Gasteiger charge is 2.47. The highest BCUT2D eigenvalue weighted by Crippen LogP contribution is 2.28. The second-order valence-electron chi connectivity index (χ2n) is 5.49. The van der Waals surface area contributed by atoms with Gasteiger partial charge in [-0.3, -0.25) is 4.79 Å². The first-order valence-electron chi connectivity index (χ1n) is 6.67. The number of nitrogens with zero attached hydrogens (tertiary/aromatic N) is 1. The molecule has 0 aromatic carbocycles. The molecule has 0 aliphatic carbocycles. The minimum Gasteiger partial charge on any atom is -0.481 e. The summed E-state index contributed by atoms with van der Waals surface area (Å²) in [6.07, 6.45) is 1.92. The Kier molecular flexibility index (Phi) is 5.17. The topological polar surface area (TPSA) is 78.9 Å². The second-order valence-corrected chi connectivity index (χ2v) is 5.49. The first kappa shape index (κ1) is 15.8. The number of rotatable bonds is 5. The van der Waals surface area contributed by atoms with E-state index in [9.17, 15) is 14.7 Å². The number of amides is 2. The van der Waals surface area contributed by atoms with Gasteiger partial charge in [0.25, 0.3) is 0 Å². The molecule has 1 rings (SSSR count). The highest BCUT2D eigenvalue weighted by atomic mass is 16.5. The van der Waals surface area contributed by atoms with Crippen molar-refractivity contribution in [1.82, 2.24) is 10.2 Å². The molecular weight excluding hydrogens is 248 g/mol. The van der Waals surface area contributed by atoms with E-state index in [2.05, 4.69) is 12.2 Å². The normalized spacial score (nSPS) is 27.9. The summed E-state index contributed by atoms with van der Waals surface area (Å²) in [7, 11) is 1.73. The van der Waals surface area contributed by atoms with E-state index in [-0.39, 0.29) is 25.3 Å². The Morgan fingerprint density at radius 1 is 1.58 bits per heavy atom. The lowest BCUT2D eigenvalue weighted by atomic mass is 9.85. The van der Waals surface area contributed by atoms with Crippen molar-refractivity contribution in [3.05, 3.63) is 0 Å². The van der Waals surface area contributed by atoms with Crippen molar-refractivity contribution in [2.24, 2.45) is 5.41 Å². The van der Waals surface area contributed by atoms with Gasteiger partial charge in [0.05, 0.1) is 19.3 Å². The monoisotopic (exact) mass is 272 g/mol. The van der Waals surface area contributed by atoms with E-state index in [1.54, 1.807) is 18.9 Å². The minimum absolute atomic E-state index is 0.126. The van der Waals surface area contributed by atoms with E-state index in [0.29, 0.717) is 0 Å². The van der Waals surface area contributed by atoms with Crippen LogP contribution in [0.25, 0.3) is 0 Å². The Bertz CT molecular complexity index is 348. The zero-order valence-corrected chi connectivity index (χ0v) is 12.1. The van der Waals surface area contributed by atoms with Crippen molar-refractivity contribution in [3.63, 3.8) is 0 Å². The summed E-state index contributed by atoms with van der Waals surface area (Å²) in [6, 6.07) is -0.610. The molecule has 6 nitrogen and oxygen atoms in total. The van der Waals surface area contributed by atoms with Gasteiger partial charge in [-0.1, -0.05) is 13.3 Å². The smallest absolute Gasteiger partial charge is 0.317 e. The van der Waals surface area contributed by atoms with Gasteiger partial charge < -0.3 is 20.1 Å². The largest absolute Gasteiger partial charge is 0.481 e. The van der Waals surface area contributed by atoms with Gasteiger partial charge in [-0.15, -0.1) is 0 Å². The fraction of sp³-hybridized carbons (Fsp3) is 0.846. The molecule has 1 fully saturated rings. The van der Waals surface area contributed by atoms with Crippen molar-refractivity contribution < 1.29 is 19.4 Å². The Morgan fingerprint density at radius 2 is 2.21 bits per heavy atom. The van der Waals surface area contributed by atoms with Gasteiger partial charge in [-0.2, -0.15) is 0 Å². The lowest BCUT2D eigenvalue weighted by molar-refractivity contribution is -0.148. The first-order chi connectivity index (χ1) is 8.82. The van der Waals surface area contributed by atoms with Crippen molar-refractivity contribution in [2.75, 3.05) is 20.3 Å². The number of carboxylic acids is 1. The number of hydrogen-bond acceptors (Lipinski definition) is 3. The van der Waals surface area contributed by atoms with E-state index in [0.717, 1.165) is 12.8 Å². The summed E-state index contributed by atoms with van der Waals surface area (Å²) in [5.41, 5.74) is -1.05. The van der Waals surface area contributed by atoms with Crippen LogP contribution in [0.1, 0.15) is 33.6 Å². The molecule has 3 atom stereocenters. The molecule has 6 heteroatoms. The molecule has 0 bridgehead atoms. The van der Waals surface area contributed by atoms with Gasteiger partial charge >= 0.3 is 12.0 Å². The van der Waals surface area contributed by atoms with E-state index < -0.39 is 17.4 Å². The average Bonchev–Trinajstić information content (AvgIpc) is 2.71. The molecule has 1 saturated heterocycles. The van der Waals surface area contributed by atoms with Gasteiger partial charge in [-0.25, -0.2) is 4.79 Å². The standard InChI is InChI=1S/C13H24N2O4/c1-5-6-9(2)15(4)12(18)14-10-7-19-8-13(10,3)11(16)17/h9-10H,5-8H2,1-4H3,(H,14,18)(H,16,17). The van der Waals surface area contributed by atoms with Crippen molar-refractivity contribution in [3.8, 4) is 0 Å². The fourth-order valence-electron chi connectivity index (χ4n) is 2.15. The third-order valence-electron chi connectivity index (χ3n) is 3.93. The molecule has 2 N–H and O–H groups in total. The molecule has 19 heavy (non-hydrogen) atoms. The molecule has 0 radical (unpaired) electrons. The number of ether oxygens (including phenoxy) is 1. The Balaban J connectivity index is 2.64. The summed E-state index contributed by atoms with van der Waals surface area (Å²) in [6.45, 7) is 6.01. The van der Waals surface area contributed by atoms with Crippen molar-refractivity contribution in [2.45, 2.75) is 45.7 Å². The Hall–Kier alpha value is -1.30. The molecule has 0 aromatic heterocycles. The molecule has 0 saturated carbocycles.